The number of aliphatic imine (C=N–C) groups is 1. The molecule has 5 heteroatoms. The minimum atomic E-state index is -3.52. The van der Waals surface area contributed by atoms with Crippen molar-refractivity contribution in [1.82, 2.24) is 0 Å². The maximum atomic E-state index is 12.7. The molecule has 0 aliphatic heterocycles. The van der Waals surface area contributed by atoms with E-state index in [9.17, 15) is 18.0 Å². The molecule has 0 aliphatic carbocycles. The molecule has 1 rings (SSSR count). The van der Waals surface area contributed by atoms with Gasteiger partial charge in [-0.2, -0.15) is 8.78 Å². The van der Waals surface area contributed by atoms with E-state index in [-0.39, 0.29) is 5.56 Å². The van der Waals surface area contributed by atoms with Crippen LogP contribution in [0.2, 0.25) is 0 Å². The smallest absolute Gasteiger partial charge is 0.211 e. The molecular weight excluding hydrogens is 195 g/mol. The van der Waals surface area contributed by atoms with E-state index < -0.39 is 18.3 Å². The molecule has 0 spiro atoms. The van der Waals surface area contributed by atoms with Crippen LogP contribution in [0.5, 0.6) is 0 Å². The second-order valence-corrected chi connectivity index (χ2v) is 2.68. The third-order valence-corrected chi connectivity index (χ3v) is 1.52. The average molecular weight is 201 g/mol. The van der Waals surface area contributed by atoms with Crippen molar-refractivity contribution >= 4 is 6.08 Å². The molecule has 0 fully saturated rings. The molecule has 0 unspecified atom stereocenters. The minimum absolute atomic E-state index is 0.0778. The van der Waals surface area contributed by atoms with E-state index in [0.717, 1.165) is 18.2 Å². The van der Waals surface area contributed by atoms with Gasteiger partial charge in [-0.05, 0) is 17.7 Å². The summed E-state index contributed by atoms with van der Waals surface area (Å²) >= 11 is 0. The Morgan fingerprint density at radius 2 is 2.14 bits per heavy atom. The lowest BCUT2D eigenvalue weighted by Gasteiger charge is -2.08. The van der Waals surface area contributed by atoms with E-state index in [4.69, 9.17) is 0 Å². The van der Waals surface area contributed by atoms with Gasteiger partial charge < -0.3 is 0 Å². The number of hydrogen-bond acceptors (Lipinski definition) is 2. The van der Waals surface area contributed by atoms with Gasteiger partial charge in [-0.15, -0.1) is 4.99 Å². The van der Waals surface area contributed by atoms with Gasteiger partial charge in [0.2, 0.25) is 6.08 Å². The first-order valence-corrected chi connectivity index (χ1v) is 3.75. The lowest BCUT2D eigenvalue weighted by atomic mass is 10.1. The van der Waals surface area contributed by atoms with Crippen molar-refractivity contribution in [2.75, 3.05) is 0 Å². The molecule has 74 valence electrons. The molecule has 0 aromatic heterocycles. The quantitative estimate of drug-likeness (QED) is 0.419. The predicted octanol–water partition coefficient (Wildman–Crippen LogP) is 2.30. The zero-order valence-corrected chi connectivity index (χ0v) is 7.01. The van der Waals surface area contributed by atoms with E-state index >= 15 is 0 Å². The Hall–Kier alpha value is -1.61. The van der Waals surface area contributed by atoms with Crippen LogP contribution in [0.1, 0.15) is 5.56 Å². The van der Waals surface area contributed by atoms with Crippen molar-refractivity contribution < 1.29 is 18.0 Å². The van der Waals surface area contributed by atoms with E-state index in [0.29, 0.717) is 0 Å². The van der Waals surface area contributed by atoms with Crippen LogP contribution in [0, 0.1) is 5.82 Å². The summed E-state index contributed by atoms with van der Waals surface area (Å²) in [6.45, 7) is 0. The molecule has 0 atom stereocenters. The van der Waals surface area contributed by atoms with Crippen LogP contribution in [0.25, 0.3) is 0 Å². The molecule has 1 aromatic carbocycles. The van der Waals surface area contributed by atoms with Crippen molar-refractivity contribution in [3.05, 3.63) is 35.6 Å². The summed E-state index contributed by atoms with van der Waals surface area (Å²) in [7, 11) is 0. The van der Waals surface area contributed by atoms with Crippen LogP contribution in [-0.4, -0.2) is 12.1 Å². The summed E-state index contributed by atoms with van der Waals surface area (Å²) in [5, 5.41) is 0. The number of isocyanates is 1. The first-order chi connectivity index (χ1) is 6.53. The first kappa shape index (κ1) is 10.5. The average Bonchev–Trinajstić information content (AvgIpc) is 2.02. The van der Waals surface area contributed by atoms with E-state index in [2.05, 4.69) is 4.99 Å². The normalized spacial score (nSPS) is 10.8. The molecule has 0 saturated heterocycles. The number of alkyl halides is 2. The van der Waals surface area contributed by atoms with Gasteiger partial charge in [-0.3, -0.25) is 0 Å². The third kappa shape index (κ3) is 3.03. The summed E-state index contributed by atoms with van der Waals surface area (Å²) in [5.41, 5.74) is 0.0778. The molecule has 0 saturated carbocycles. The van der Waals surface area contributed by atoms with Crippen LogP contribution < -0.4 is 0 Å². The SMILES string of the molecule is O=C=NC(F)(F)Cc1cccc(F)c1. The highest BCUT2D eigenvalue weighted by Crippen LogP contribution is 2.21. The molecule has 0 radical (unpaired) electrons. The fourth-order valence-corrected chi connectivity index (χ4v) is 0.999. The molecule has 0 heterocycles. The Balaban J connectivity index is 2.83. The molecule has 0 bridgehead atoms. The van der Waals surface area contributed by atoms with Gasteiger partial charge in [0.05, 0.1) is 6.42 Å². The topological polar surface area (TPSA) is 29.4 Å². The highest BCUT2D eigenvalue weighted by molar-refractivity contribution is 5.34. The van der Waals surface area contributed by atoms with Crippen LogP contribution >= 0.6 is 0 Å². The molecule has 2 nitrogen and oxygen atoms in total. The first-order valence-electron chi connectivity index (χ1n) is 3.75. The monoisotopic (exact) mass is 201 g/mol. The number of rotatable bonds is 3. The Labute approximate surface area is 78.1 Å². The van der Waals surface area contributed by atoms with Crippen LogP contribution in [0.4, 0.5) is 13.2 Å². The van der Waals surface area contributed by atoms with Gasteiger partial charge in [0, 0.05) is 0 Å². The molecule has 0 N–H and O–H groups in total. The van der Waals surface area contributed by atoms with E-state index in [1.807, 2.05) is 0 Å². The van der Waals surface area contributed by atoms with Gasteiger partial charge in [0.25, 0.3) is 0 Å². The van der Waals surface area contributed by atoms with Crippen molar-refractivity contribution in [1.29, 1.82) is 0 Å². The maximum absolute atomic E-state index is 12.7. The number of benzene rings is 1. The van der Waals surface area contributed by atoms with E-state index in [1.54, 1.807) is 0 Å². The Kier molecular flexibility index (Phi) is 3.04. The zero-order valence-electron chi connectivity index (χ0n) is 7.01. The highest BCUT2D eigenvalue weighted by Gasteiger charge is 2.28. The minimum Gasteiger partial charge on any atom is -0.211 e. The van der Waals surface area contributed by atoms with Crippen LogP contribution in [-0.2, 0) is 11.2 Å². The fraction of sp³-hybridized carbons (Fsp3) is 0.222. The number of carbonyl (C=O) groups excluding carboxylic acids is 1. The molecular formula is C9H6F3NO. The van der Waals surface area contributed by atoms with Gasteiger partial charge in [0.15, 0.2) is 0 Å². The van der Waals surface area contributed by atoms with Crippen molar-refractivity contribution in [2.24, 2.45) is 4.99 Å². The van der Waals surface area contributed by atoms with Gasteiger partial charge in [0.1, 0.15) is 5.82 Å². The fourth-order valence-electron chi connectivity index (χ4n) is 0.999. The second kappa shape index (κ2) is 4.07. The Morgan fingerprint density at radius 1 is 1.43 bits per heavy atom. The summed E-state index contributed by atoms with van der Waals surface area (Å²) in [6, 6.07) is 1.23. The largest absolute Gasteiger partial charge is 0.355 e. The van der Waals surface area contributed by atoms with Crippen LogP contribution in [0.3, 0.4) is 0 Å². The number of nitrogens with zero attached hydrogens (tertiary/aromatic N) is 1. The zero-order chi connectivity index (χ0) is 10.6. The highest BCUT2D eigenvalue weighted by atomic mass is 19.3. The maximum Gasteiger partial charge on any atom is 0.355 e. The summed E-state index contributed by atoms with van der Waals surface area (Å²) in [4.78, 5) is 12.0. The van der Waals surface area contributed by atoms with Crippen molar-refractivity contribution in [3.63, 3.8) is 0 Å². The van der Waals surface area contributed by atoms with Gasteiger partial charge >= 0.3 is 6.05 Å². The van der Waals surface area contributed by atoms with Crippen molar-refractivity contribution in [3.8, 4) is 0 Å². The number of hydrogen-bond donors (Lipinski definition) is 0. The second-order valence-electron chi connectivity index (χ2n) is 2.68. The molecule has 0 aliphatic rings. The van der Waals surface area contributed by atoms with Crippen LogP contribution in [0.15, 0.2) is 29.3 Å². The van der Waals surface area contributed by atoms with Gasteiger partial charge in [-0.1, -0.05) is 12.1 Å². The predicted molar refractivity (Wildman–Crippen MR) is 43.2 cm³/mol. The van der Waals surface area contributed by atoms with Gasteiger partial charge in [-0.25, -0.2) is 9.18 Å². The van der Waals surface area contributed by atoms with Crippen molar-refractivity contribution in [2.45, 2.75) is 12.5 Å². The third-order valence-electron chi connectivity index (χ3n) is 1.52. The molecule has 0 amide bonds. The molecule has 14 heavy (non-hydrogen) atoms. The summed E-state index contributed by atoms with van der Waals surface area (Å²) in [6.07, 6.45) is -0.0315. The molecule has 1 aromatic rings. The standard InChI is InChI=1S/C9H6F3NO/c10-8-3-1-2-7(4-8)5-9(11,12)13-6-14/h1-4H,5H2. The lowest BCUT2D eigenvalue weighted by molar-refractivity contribution is 0.0117. The Bertz CT molecular complexity index is 372. The Morgan fingerprint density at radius 3 is 2.71 bits per heavy atom. The van der Waals surface area contributed by atoms with E-state index in [1.165, 1.54) is 12.1 Å². The summed E-state index contributed by atoms with van der Waals surface area (Å²) in [5.74, 6) is -0.603. The summed E-state index contributed by atoms with van der Waals surface area (Å²) < 4.78 is 38.0. The lowest BCUT2D eigenvalue weighted by Crippen LogP contribution is -2.15. The number of halogens is 3.